The third-order valence-electron chi connectivity index (χ3n) is 4.88. The van der Waals surface area contributed by atoms with Crippen molar-refractivity contribution in [1.29, 1.82) is 0 Å². The van der Waals surface area contributed by atoms with E-state index in [9.17, 15) is 4.79 Å². The van der Waals surface area contributed by atoms with E-state index in [2.05, 4.69) is 21.2 Å². The molecule has 0 spiro atoms. The lowest BCUT2D eigenvalue weighted by Gasteiger charge is -2.07. The summed E-state index contributed by atoms with van der Waals surface area (Å²) in [5, 5.41) is 5.99. The maximum atomic E-state index is 12.4. The van der Waals surface area contributed by atoms with Crippen LogP contribution >= 0.6 is 11.6 Å². The minimum absolute atomic E-state index is 0.223. The summed E-state index contributed by atoms with van der Waals surface area (Å²) in [6, 6.07) is 23.4. The first-order chi connectivity index (χ1) is 14.1. The largest absolute Gasteiger partial charge is 0.342 e. The number of aryl methyl sites for hydroxylation is 1. The number of nitrogens with one attached hydrogen (secondary N) is 1. The Morgan fingerprint density at radius 1 is 1.03 bits per heavy atom. The second-order valence-corrected chi connectivity index (χ2v) is 7.24. The third-order valence-corrected chi connectivity index (χ3v) is 5.25. The van der Waals surface area contributed by atoms with Gasteiger partial charge in [0.15, 0.2) is 0 Å². The van der Waals surface area contributed by atoms with E-state index in [1.54, 1.807) is 12.3 Å². The normalized spacial score (nSPS) is 11.2. The Kier molecular flexibility index (Phi) is 5.45. The van der Waals surface area contributed by atoms with Gasteiger partial charge in [0.2, 0.25) is 0 Å². The van der Waals surface area contributed by atoms with Gasteiger partial charge in [0.25, 0.3) is 5.91 Å². The molecule has 5 heteroatoms. The van der Waals surface area contributed by atoms with Gasteiger partial charge in [0.1, 0.15) is 0 Å². The molecule has 0 radical (unpaired) electrons. The molecule has 3 aromatic carbocycles. The van der Waals surface area contributed by atoms with Crippen molar-refractivity contribution in [3.05, 3.63) is 106 Å². The van der Waals surface area contributed by atoms with E-state index in [-0.39, 0.29) is 5.91 Å². The number of hydrogen-bond acceptors (Lipinski definition) is 2. The maximum Gasteiger partial charge on any atom is 0.271 e. The van der Waals surface area contributed by atoms with Crippen LogP contribution in [-0.2, 0) is 6.54 Å². The fourth-order valence-electron chi connectivity index (χ4n) is 3.37. The van der Waals surface area contributed by atoms with Gasteiger partial charge in [-0.25, -0.2) is 5.43 Å². The van der Waals surface area contributed by atoms with Gasteiger partial charge in [0.05, 0.1) is 6.21 Å². The van der Waals surface area contributed by atoms with Gasteiger partial charge in [-0.05, 0) is 36.2 Å². The van der Waals surface area contributed by atoms with Crippen molar-refractivity contribution in [3.63, 3.8) is 0 Å². The molecule has 1 aromatic heterocycles. The van der Waals surface area contributed by atoms with Crippen LogP contribution in [0.1, 0.15) is 27.0 Å². The van der Waals surface area contributed by atoms with Crippen molar-refractivity contribution in [2.24, 2.45) is 5.10 Å². The summed E-state index contributed by atoms with van der Waals surface area (Å²) in [6.45, 7) is 2.56. The fraction of sp³-hybridized carbons (Fsp3) is 0.0833. The molecule has 0 atom stereocenters. The standard InChI is InChI=1S/C24H20ClN3O/c1-17-8-2-4-10-20(17)24(29)27-26-14-19-16-28(23-13-7-5-11-21(19)23)15-18-9-3-6-12-22(18)25/h2-14,16H,15H2,1H3,(H,27,29)/b26-14-. The smallest absolute Gasteiger partial charge is 0.271 e. The molecule has 0 saturated carbocycles. The Morgan fingerprint density at radius 2 is 1.76 bits per heavy atom. The second kappa shape index (κ2) is 8.33. The quantitative estimate of drug-likeness (QED) is 0.352. The average molecular weight is 402 g/mol. The number of hydrogen-bond donors (Lipinski definition) is 1. The monoisotopic (exact) mass is 401 g/mol. The second-order valence-electron chi connectivity index (χ2n) is 6.83. The number of halogens is 1. The number of carbonyl (C=O) groups is 1. The lowest BCUT2D eigenvalue weighted by molar-refractivity contribution is 0.0954. The lowest BCUT2D eigenvalue weighted by Crippen LogP contribution is -2.18. The van der Waals surface area contributed by atoms with Crippen LogP contribution in [0.2, 0.25) is 5.02 Å². The number of fused-ring (bicyclic) bond motifs is 1. The summed E-state index contributed by atoms with van der Waals surface area (Å²) in [5.41, 5.74) is 7.21. The topological polar surface area (TPSA) is 46.4 Å². The van der Waals surface area contributed by atoms with Crippen molar-refractivity contribution in [2.45, 2.75) is 13.5 Å². The predicted molar refractivity (Wildman–Crippen MR) is 119 cm³/mol. The van der Waals surface area contributed by atoms with Crippen LogP contribution < -0.4 is 5.43 Å². The van der Waals surface area contributed by atoms with Gasteiger partial charge in [-0.2, -0.15) is 5.10 Å². The van der Waals surface area contributed by atoms with E-state index in [0.717, 1.165) is 32.6 Å². The molecule has 0 aliphatic rings. The highest BCUT2D eigenvalue weighted by atomic mass is 35.5. The van der Waals surface area contributed by atoms with E-state index >= 15 is 0 Å². The molecule has 1 N–H and O–H groups in total. The molecule has 0 saturated heterocycles. The van der Waals surface area contributed by atoms with Crippen LogP contribution in [0.3, 0.4) is 0 Å². The molecule has 29 heavy (non-hydrogen) atoms. The van der Waals surface area contributed by atoms with Crippen molar-refractivity contribution in [3.8, 4) is 0 Å². The number of nitrogens with zero attached hydrogens (tertiary/aromatic N) is 2. The molecule has 4 rings (SSSR count). The Morgan fingerprint density at radius 3 is 2.59 bits per heavy atom. The van der Waals surface area contributed by atoms with Gasteiger partial charge < -0.3 is 4.57 Å². The van der Waals surface area contributed by atoms with Crippen molar-refractivity contribution in [1.82, 2.24) is 9.99 Å². The number of amides is 1. The Hall–Kier alpha value is -3.37. The summed E-state index contributed by atoms with van der Waals surface area (Å²) in [5.74, 6) is -0.223. The van der Waals surface area contributed by atoms with Gasteiger partial charge in [-0.1, -0.05) is 66.2 Å². The molecule has 4 aromatic rings. The zero-order chi connectivity index (χ0) is 20.2. The van der Waals surface area contributed by atoms with E-state index in [1.165, 1.54) is 0 Å². The Bertz CT molecular complexity index is 1210. The molecule has 0 fully saturated rings. The summed E-state index contributed by atoms with van der Waals surface area (Å²) >= 11 is 6.33. The van der Waals surface area contributed by atoms with E-state index in [0.29, 0.717) is 12.1 Å². The van der Waals surface area contributed by atoms with Crippen molar-refractivity contribution in [2.75, 3.05) is 0 Å². The minimum atomic E-state index is -0.223. The molecule has 144 valence electrons. The molecule has 0 aliphatic carbocycles. The molecular weight excluding hydrogens is 382 g/mol. The summed E-state index contributed by atoms with van der Waals surface area (Å²) in [6.07, 6.45) is 3.71. The molecule has 0 bridgehead atoms. The summed E-state index contributed by atoms with van der Waals surface area (Å²) in [7, 11) is 0. The highest BCUT2D eigenvalue weighted by Gasteiger charge is 2.10. The van der Waals surface area contributed by atoms with Gasteiger partial charge in [-0.3, -0.25) is 4.79 Å². The predicted octanol–water partition coefficient (Wildman–Crippen LogP) is 5.42. The Balaban J connectivity index is 1.59. The first-order valence-electron chi connectivity index (χ1n) is 9.34. The summed E-state index contributed by atoms with van der Waals surface area (Å²) in [4.78, 5) is 12.4. The van der Waals surface area contributed by atoms with Crippen LogP contribution in [0, 0.1) is 6.92 Å². The van der Waals surface area contributed by atoms with Gasteiger partial charge >= 0.3 is 0 Å². The number of rotatable bonds is 5. The molecule has 1 amide bonds. The first-order valence-corrected chi connectivity index (χ1v) is 9.71. The van der Waals surface area contributed by atoms with E-state index in [4.69, 9.17) is 11.6 Å². The highest BCUT2D eigenvalue weighted by molar-refractivity contribution is 6.31. The lowest BCUT2D eigenvalue weighted by atomic mass is 10.1. The van der Waals surface area contributed by atoms with Crippen LogP contribution in [-0.4, -0.2) is 16.7 Å². The number of aromatic nitrogens is 1. The first kappa shape index (κ1) is 19.0. The Labute approximate surface area is 174 Å². The fourth-order valence-corrected chi connectivity index (χ4v) is 3.56. The summed E-state index contributed by atoms with van der Waals surface area (Å²) < 4.78 is 2.14. The van der Waals surface area contributed by atoms with Crippen molar-refractivity contribution >= 4 is 34.6 Å². The molecule has 1 heterocycles. The van der Waals surface area contributed by atoms with Crippen LogP contribution in [0.4, 0.5) is 0 Å². The number of carbonyl (C=O) groups excluding carboxylic acids is 1. The number of hydrazone groups is 1. The molecule has 0 aliphatic heterocycles. The highest BCUT2D eigenvalue weighted by Crippen LogP contribution is 2.23. The third kappa shape index (κ3) is 4.08. The number of para-hydroxylation sites is 1. The molecular formula is C24H20ClN3O. The maximum absolute atomic E-state index is 12.4. The molecule has 0 unspecified atom stereocenters. The van der Waals surface area contributed by atoms with E-state index < -0.39 is 0 Å². The van der Waals surface area contributed by atoms with Crippen LogP contribution in [0.15, 0.2) is 84.1 Å². The average Bonchev–Trinajstić information content (AvgIpc) is 3.08. The van der Waals surface area contributed by atoms with Crippen LogP contribution in [0.5, 0.6) is 0 Å². The SMILES string of the molecule is Cc1ccccc1C(=O)N/N=C\c1cn(Cc2ccccc2Cl)c2ccccc12. The van der Waals surface area contributed by atoms with E-state index in [1.807, 2.05) is 73.8 Å². The zero-order valence-corrected chi connectivity index (χ0v) is 16.7. The van der Waals surface area contributed by atoms with Gasteiger partial charge in [-0.15, -0.1) is 0 Å². The van der Waals surface area contributed by atoms with Crippen molar-refractivity contribution < 1.29 is 4.79 Å². The number of benzene rings is 3. The van der Waals surface area contributed by atoms with Gasteiger partial charge in [0, 0.05) is 39.8 Å². The van der Waals surface area contributed by atoms with Crippen LogP contribution in [0.25, 0.3) is 10.9 Å². The minimum Gasteiger partial charge on any atom is -0.342 e. The zero-order valence-electron chi connectivity index (χ0n) is 16.0. The molecule has 4 nitrogen and oxygen atoms in total.